The lowest BCUT2D eigenvalue weighted by atomic mass is 10.2. The monoisotopic (exact) mass is 380 g/mol. The lowest BCUT2D eigenvalue weighted by Gasteiger charge is -2.09. The molecule has 0 saturated carbocycles. The molecule has 0 fully saturated rings. The van der Waals surface area contributed by atoms with Crippen molar-refractivity contribution in [1.29, 1.82) is 0 Å². The van der Waals surface area contributed by atoms with Crippen LogP contribution >= 0.6 is 12.2 Å². The van der Waals surface area contributed by atoms with Gasteiger partial charge in [-0.2, -0.15) is 0 Å². The highest BCUT2D eigenvalue weighted by Crippen LogP contribution is 2.13. The molecule has 5 nitrogen and oxygen atoms in total. The number of thiocarbonyl (C=S) groups is 1. The number of hydrogen-bond acceptors (Lipinski definition) is 4. The van der Waals surface area contributed by atoms with Gasteiger partial charge in [-0.05, 0) is 54.2 Å². The van der Waals surface area contributed by atoms with Crippen molar-refractivity contribution in [3.63, 3.8) is 0 Å². The van der Waals surface area contributed by atoms with E-state index in [2.05, 4.69) is 22.8 Å². The molecule has 0 saturated heterocycles. The molecule has 0 bridgehead atoms. The van der Waals surface area contributed by atoms with Crippen LogP contribution < -0.4 is 15.4 Å². The van der Waals surface area contributed by atoms with Crippen LogP contribution in [-0.4, -0.2) is 17.6 Å². The van der Waals surface area contributed by atoms with Crippen molar-refractivity contribution < 1.29 is 13.9 Å². The average Bonchev–Trinajstić information content (AvgIpc) is 3.21. The summed E-state index contributed by atoms with van der Waals surface area (Å²) in [6, 6.07) is 20.7. The third-order valence-corrected chi connectivity index (χ3v) is 4.10. The minimum Gasteiger partial charge on any atom is -0.493 e. The van der Waals surface area contributed by atoms with Gasteiger partial charge in [0.25, 0.3) is 5.91 Å². The van der Waals surface area contributed by atoms with E-state index in [1.165, 1.54) is 5.56 Å². The molecule has 3 aromatic rings. The van der Waals surface area contributed by atoms with Crippen molar-refractivity contribution in [2.24, 2.45) is 0 Å². The molecule has 0 aliphatic heterocycles. The number of rotatable bonds is 7. The summed E-state index contributed by atoms with van der Waals surface area (Å²) in [4.78, 5) is 12.2. The summed E-state index contributed by atoms with van der Waals surface area (Å²) < 4.78 is 10.9. The Hall–Kier alpha value is -3.12. The standard InChI is InChI=1S/C21H20N2O3S/c24-20(23-21(27)22-15-19-7-4-13-25-19)17-8-10-18(11-9-17)26-14-12-16-5-2-1-3-6-16/h1-11,13H,12,14-15H2,(H2,22,23,24,27). The number of carbonyl (C=O) groups excluding carboxylic acids is 1. The van der Waals surface area contributed by atoms with Gasteiger partial charge in [-0.1, -0.05) is 30.3 Å². The van der Waals surface area contributed by atoms with Gasteiger partial charge in [0.05, 0.1) is 19.4 Å². The second-order valence-electron chi connectivity index (χ2n) is 5.82. The zero-order valence-corrected chi connectivity index (χ0v) is 15.5. The molecular formula is C21H20N2O3S. The van der Waals surface area contributed by atoms with Crippen molar-refractivity contribution in [2.45, 2.75) is 13.0 Å². The number of benzene rings is 2. The lowest BCUT2D eigenvalue weighted by molar-refractivity contribution is 0.0976. The summed E-state index contributed by atoms with van der Waals surface area (Å²) in [5.74, 6) is 1.19. The number of carbonyl (C=O) groups is 1. The molecule has 0 atom stereocenters. The maximum Gasteiger partial charge on any atom is 0.257 e. The fourth-order valence-electron chi connectivity index (χ4n) is 2.43. The van der Waals surface area contributed by atoms with E-state index in [4.69, 9.17) is 21.4 Å². The summed E-state index contributed by atoms with van der Waals surface area (Å²) in [5, 5.41) is 5.81. The van der Waals surface area contributed by atoms with Crippen LogP contribution in [0.25, 0.3) is 0 Å². The number of furan rings is 1. The fraction of sp³-hybridized carbons (Fsp3) is 0.143. The third kappa shape index (κ3) is 5.97. The van der Waals surface area contributed by atoms with Crippen LogP contribution in [0, 0.1) is 0 Å². The van der Waals surface area contributed by atoms with Gasteiger partial charge in [-0.15, -0.1) is 0 Å². The van der Waals surface area contributed by atoms with Gasteiger partial charge in [0, 0.05) is 12.0 Å². The summed E-state index contributed by atoms with van der Waals surface area (Å²) in [6.45, 7) is 0.997. The molecule has 6 heteroatoms. The van der Waals surface area contributed by atoms with Crippen LogP contribution in [0.2, 0.25) is 0 Å². The summed E-state index contributed by atoms with van der Waals surface area (Å²) in [6.07, 6.45) is 2.42. The van der Waals surface area contributed by atoms with Gasteiger partial charge >= 0.3 is 0 Å². The normalized spacial score (nSPS) is 10.2. The Balaban J connectivity index is 1.43. The van der Waals surface area contributed by atoms with E-state index in [1.807, 2.05) is 24.3 Å². The summed E-state index contributed by atoms with van der Waals surface area (Å²) >= 11 is 5.12. The quantitative estimate of drug-likeness (QED) is 0.612. The zero-order chi connectivity index (χ0) is 18.9. The molecule has 2 aromatic carbocycles. The minimum atomic E-state index is -0.275. The van der Waals surface area contributed by atoms with Crippen LogP contribution in [0.4, 0.5) is 0 Å². The molecule has 0 radical (unpaired) electrons. The highest BCUT2D eigenvalue weighted by molar-refractivity contribution is 7.80. The van der Waals surface area contributed by atoms with E-state index in [9.17, 15) is 4.79 Å². The SMILES string of the molecule is O=C(NC(=S)NCc1ccco1)c1ccc(OCCc2ccccc2)cc1. The average molecular weight is 380 g/mol. The summed E-state index contributed by atoms with van der Waals surface area (Å²) in [7, 11) is 0. The van der Waals surface area contributed by atoms with Gasteiger partial charge in [0.2, 0.25) is 0 Å². The minimum absolute atomic E-state index is 0.250. The molecule has 1 heterocycles. The predicted octanol–water partition coefficient (Wildman–Crippen LogP) is 3.71. The molecule has 27 heavy (non-hydrogen) atoms. The van der Waals surface area contributed by atoms with Crippen molar-refractivity contribution in [3.05, 3.63) is 89.9 Å². The molecule has 0 aliphatic rings. The first-order valence-electron chi connectivity index (χ1n) is 8.59. The van der Waals surface area contributed by atoms with Crippen LogP contribution in [0.5, 0.6) is 5.75 Å². The molecule has 3 rings (SSSR count). The maximum atomic E-state index is 12.2. The van der Waals surface area contributed by atoms with Gasteiger partial charge in [-0.25, -0.2) is 0 Å². The van der Waals surface area contributed by atoms with Crippen molar-refractivity contribution in [3.8, 4) is 5.75 Å². The first kappa shape index (κ1) is 18.7. The molecule has 2 N–H and O–H groups in total. The Kier molecular flexibility index (Phi) is 6.60. The third-order valence-electron chi connectivity index (χ3n) is 3.85. The lowest BCUT2D eigenvalue weighted by Crippen LogP contribution is -2.38. The summed E-state index contributed by atoms with van der Waals surface area (Å²) in [5.41, 5.74) is 1.73. The molecular weight excluding hydrogens is 360 g/mol. The van der Waals surface area contributed by atoms with E-state index < -0.39 is 0 Å². The van der Waals surface area contributed by atoms with E-state index >= 15 is 0 Å². The highest BCUT2D eigenvalue weighted by Gasteiger charge is 2.08. The Morgan fingerprint density at radius 2 is 1.78 bits per heavy atom. The molecule has 0 unspecified atom stereocenters. The van der Waals surface area contributed by atoms with E-state index in [1.54, 1.807) is 36.6 Å². The first-order valence-corrected chi connectivity index (χ1v) is 9.00. The second-order valence-corrected chi connectivity index (χ2v) is 6.23. The van der Waals surface area contributed by atoms with Gasteiger partial charge in [0.15, 0.2) is 5.11 Å². The Morgan fingerprint density at radius 1 is 1.00 bits per heavy atom. The molecule has 138 valence electrons. The van der Waals surface area contributed by atoms with Crippen LogP contribution in [0.15, 0.2) is 77.4 Å². The van der Waals surface area contributed by atoms with E-state index in [0.29, 0.717) is 18.7 Å². The van der Waals surface area contributed by atoms with Crippen molar-refractivity contribution in [2.75, 3.05) is 6.61 Å². The predicted molar refractivity (Wildman–Crippen MR) is 108 cm³/mol. The van der Waals surface area contributed by atoms with Crippen LogP contribution in [0.3, 0.4) is 0 Å². The topological polar surface area (TPSA) is 63.5 Å². The van der Waals surface area contributed by atoms with Gasteiger partial charge in [0.1, 0.15) is 11.5 Å². The van der Waals surface area contributed by atoms with E-state index in [0.717, 1.165) is 17.9 Å². The van der Waals surface area contributed by atoms with Crippen LogP contribution in [0.1, 0.15) is 21.7 Å². The molecule has 0 spiro atoms. The largest absolute Gasteiger partial charge is 0.493 e. The zero-order valence-electron chi connectivity index (χ0n) is 14.7. The molecule has 1 amide bonds. The van der Waals surface area contributed by atoms with Crippen LogP contribution in [-0.2, 0) is 13.0 Å². The Bertz CT molecular complexity index is 862. The smallest absolute Gasteiger partial charge is 0.257 e. The molecule has 0 aliphatic carbocycles. The van der Waals surface area contributed by atoms with Gasteiger partial charge < -0.3 is 14.5 Å². The van der Waals surface area contributed by atoms with Crippen molar-refractivity contribution in [1.82, 2.24) is 10.6 Å². The fourth-order valence-corrected chi connectivity index (χ4v) is 2.60. The number of nitrogens with one attached hydrogen (secondary N) is 2. The number of ether oxygens (including phenoxy) is 1. The number of hydrogen-bond donors (Lipinski definition) is 2. The Morgan fingerprint density at radius 3 is 2.48 bits per heavy atom. The highest BCUT2D eigenvalue weighted by atomic mass is 32.1. The van der Waals surface area contributed by atoms with Gasteiger partial charge in [-0.3, -0.25) is 10.1 Å². The first-order chi connectivity index (χ1) is 13.2. The van der Waals surface area contributed by atoms with Crippen molar-refractivity contribution >= 4 is 23.2 Å². The second kappa shape index (κ2) is 9.54. The Labute approximate surface area is 163 Å². The number of amides is 1. The molecule has 1 aromatic heterocycles. The van der Waals surface area contributed by atoms with E-state index in [-0.39, 0.29) is 11.0 Å². The maximum absolute atomic E-state index is 12.2.